The first-order valence-corrected chi connectivity index (χ1v) is 13.5. The van der Waals surface area contributed by atoms with E-state index in [4.69, 9.17) is 14.2 Å². The topological polar surface area (TPSA) is 101 Å². The van der Waals surface area contributed by atoms with E-state index in [1.54, 1.807) is 32.2 Å². The number of carbonyl (C=O) groups excluding carboxylic acids is 1. The summed E-state index contributed by atoms with van der Waals surface area (Å²) in [4.78, 5) is 17.7. The van der Waals surface area contributed by atoms with Crippen molar-refractivity contribution >= 4 is 57.1 Å². The highest BCUT2D eigenvalue weighted by Gasteiger charge is 2.33. The number of hydrogen-bond donors (Lipinski definition) is 1. The number of aliphatic imine (C=N–C) groups is 1. The van der Waals surface area contributed by atoms with Crippen molar-refractivity contribution in [1.82, 2.24) is 0 Å². The first-order chi connectivity index (χ1) is 18.4. The summed E-state index contributed by atoms with van der Waals surface area (Å²) in [5.74, 6) is 0.212. The summed E-state index contributed by atoms with van der Waals surface area (Å²) >= 11 is 3.34. The van der Waals surface area contributed by atoms with Crippen molar-refractivity contribution < 1.29 is 24.1 Å². The molecule has 1 N–H and O–H groups in total. The summed E-state index contributed by atoms with van der Waals surface area (Å²) in [7, 11) is 1.55. The lowest BCUT2D eigenvalue weighted by Crippen LogP contribution is -2.12. The van der Waals surface area contributed by atoms with Gasteiger partial charge in [-0.05, 0) is 71.5 Å². The number of hydrogen-bond acceptors (Lipinski definition) is 8. The number of methoxy groups -OCH3 is 1. The van der Waals surface area contributed by atoms with Crippen LogP contribution in [0, 0.1) is 14.9 Å². The summed E-state index contributed by atoms with van der Waals surface area (Å²) in [5.41, 5.74) is 2.74. The number of ether oxygens (including phenoxy) is 3. The van der Waals surface area contributed by atoms with Crippen LogP contribution < -0.4 is 9.47 Å². The lowest BCUT2D eigenvalue weighted by atomic mass is 10.1. The molecule has 0 bridgehead atoms. The number of benzene rings is 3. The monoisotopic (exact) mass is 638 g/mol. The molecule has 0 fully saturated rings. The number of halogens is 1. The van der Waals surface area contributed by atoms with Crippen LogP contribution in [0.4, 0.5) is 5.69 Å². The molecule has 7 nitrogen and oxygen atoms in total. The fraction of sp³-hybridized carbons (Fsp3) is 0.138. The lowest BCUT2D eigenvalue weighted by Gasteiger charge is -2.14. The van der Waals surface area contributed by atoms with Gasteiger partial charge in [0.1, 0.15) is 23.0 Å². The van der Waals surface area contributed by atoms with Gasteiger partial charge in [0.2, 0.25) is 0 Å². The molecule has 0 amide bonds. The van der Waals surface area contributed by atoms with E-state index in [9.17, 15) is 15.2 Å². The predicted octanol–water partition coefficient (Wildman–Crippen LogP) is 6.94. The molecule has 192 valence electrons. The van der Waals surface area contributed by atoms with Gasteiger partial charge in [0, 0.05) is 5.56 Å². The van der Waals surface area contributed by atoms with E-state index in [0.717, 1.165) is 14.7 Å². The minimum Gasteiger partial charge on any atom is -0.506 e. The molecular formula is C29H23IN2O5S. The van der Waals surface area contributed by atoms with Gasteiger partial charge in [-0.3, -0.25) is 0 Å². The standard InChI is InChI=1S/C29H23IN2O5S/c1-3-36-29(34)25-26(33)24(38-28(25)32-21-11-5-4-6-12-21)15-18-13-22(30)27(23(14-18)35-2)37-17-20-10-8-7-9-19(20)16-31/h4-15,33H,3,17H2,1-2H3/b24-15-,32-28?. The number of para-hydroxylation sites is 1. The average molecular weight is 638 g/mol. The van der Waals surface area contributed by atoms with Gasteiger partial charge in [0.05, 0.1) is 39.5 Å². The molecule has 0 saturated carbocycles. The zero-order valence-corrected chi connectivity index (χ0v) is 23.6. The Morgan fingerprint density at radius 2 is 1.89 bits per heavy atom. The molecule has 0 saturated heterocycles. The van der Waals surface area contributed by atoms with Crippen LogP contribution in [-0.4, -0.2) is 29.8 Å². The van der Waals surface area contributed by atoms with Crippen LogP contribution in [-0.2, 0) is 16.1 Å². The minimum atomic E-state index is -0.635. The third-order valence-corrected chi connectivity index (χ3v) is 7.24. The molecule has 1 heterocycles. The summed E-state index contributed by atoms with van der Waals surface area (Å²) in [6.07, 6.45) is 1.76. The molecule has 0 unspecified atom stereocenters. The van der Waals surface area contributed by atoms with Crippen LogP contribution >= 0.6 is 34.4 Å². The van der Waals surface area contributed by atoms with Gasteiger partial charge in [-0.25, -0.2) is 9.79 Å². The third kappa shape index (κ3) is 6.20. The maximum atomic E-state index is 12.7. The van der Waals surface area contributed by atoms with Crippen LogP contribution in [0.25, 0.3) is 6.08 Å². The Balaban J connectivity index is 1.67. The van der Waals surface area contributed by atoms with Gasteiger partial charge in [-0.1, -0.05) is 48.2 Å². The Morgan fingerprint density at radius 1 is 1.16 bits per heavy atom. The van der Waals surface area contributed by atoms with E-state index < -0.39 is 5.97 Å². The zero-order valence-electron chi connectivity index (χ0n) is 20.6. The SMILES string of the molecule is CCOC(=O)C1=C(O)/C(=C/c2cc(I)c(OCc3ccccc3C#N)c(OC)c2)SC1=Nc1ccccc1. The number of aliphatic hydroxyl groups is 1. The van der Waals surface area contributed by atoms with Crippen LogP contribution in [0.15, 0.2) is 88.0 Å². The highest BCUT2D eigenvalue weighted by Crippen LogP contribution is 2.42. The van der Waals surface area contributed by atoms with Gasteiger partial charge in [0.25, 0.3) is 0 Å². The lowest BCUT2D eigenvalue weighted by molar-refractivity contribution is -0.138. The number of nitrogens with zero attached hydrogens (tertiary/aromatic N) is 2. The van der Waals surface area contributed by atoms with E-state index in [1.165, 1.54) is 11.8 Å². The number of nitriles is 1. The molecule has 0 radical (unpaired) electrons. The highest BCUT2D eigenvalue weighted by atomic mass is 127. The van der Waals surface area contributed by atoms with Crippen LogP contribution in [0.5, 0.6) is 11.5 Å². The molecule has 0 spiro atoms. The van der Waals surface area contributed by atoms with Crippen molar-refractivity contribution in [3.05, 3.63) is 103 Å². The van der Waals surface area contributed by atoms with E-state index in [1.807, 2.05) is 54.6 Å². The molecule has 1 aliphatic heterocycles. The molecular weight excluding hydrogens is 615 g/mol. The van der Waals surface area contributed by atoms with Crippen molar-refractivity contribution in [1.29, 1.82) is 5.26 Å². The Morgan fingerprint density at radius 3 is 2.61 bits per heavy atom. The third-order valence-electron chi connectivity index (χ3n) is 5.42. The summed E-state index contributed by atoms with van der Waals surface area (Å²) in [6, 6.07) is 22.3. The molecule has 1 aliphatic rings. The maximum Gasteiger partial charge on any atom is 0.344 e. The Bertz CT molecular complexity index is 1490. The largest absolute Gasteiger partial charge is 0.506 e. The van der Waals surface area contributed by atoms with Crippen molar-refractivity contribution in [3.8, 4) is 17.6 Å². The number of esters is 1. The molecule has 0 atom stereocenters. The van der Waals surface area contributed by atoms with Crippen molar-refractivity contribution in [2.24, 2.45) is 4.99 Å². The van der Waals surface area contributed by atoms with Crippen molar-refractivity contribution in [2.45, 2.75) is 13.5 Å². The van der Waals surface area contributed by atoms with E-state index >= 15 is 0 Å². The summed E-state index contributed by atoms with van der Waals surface area (Å²) in [6.45, 7) is 2.09. The van der Waals surface area contributed by atoms with Gasteiger partial charge in [-0.2, -0.15) is 5.26 Å². The molecule has 38 heavy (non-hydrogen) atoms. The Hall–Kier alpha value is -3.75. The quantitative estimate of drug-likeness (QED) is 0.211. The fourth-order valence-corrected chi connectivity index (χ4v) is 5.45. The van der Waals surface area contributed by atoms with Gasteiger partial charge >= 0.3 is 5.97 Å². The van der Waals surface area contributed by atoms with Crippen molar-refractivity contribution in [2.75, 3.05) is 13.7 Å². The first kappa shape index (κ1) is 27.3. The summed E-state index contributed by atoms with van der Waals surface area (Å²) in [5, 5.41) is 20.7. The van der Waals surface area contributed by atoms with E-state index in [0.29, 0.717) is 32.7 Å². The van der Waals surface area contributed by atoms with E-state index in [2.05, 4.69) is 33.7 Å². The van der Waals surface area contributed by atoms with Gasteiger partial charge < -0.3 is 19.3 Å². The highest BCUT2D eigenvalue weighted by molar-refractivity contribution is 14.1. The molecule has 0 aliphatic carbocycles. The van der Waals surface area contributed by atoms with Gasteiger partial charge in [-0.15, -0.1) is 0 Å². The van der Waals surface area contributed by atoms with Crippen LogP contribution in [0.1, 0.15) is 23.6 Å². The van der Waals surface area contributed by atoms with Crippen molar-refractivity contribution in [3.63, 3.8) is 0 Å². The van der Waals surface area contributed by atoms with Crippen LogP contribution in [0.3, 0.4) is 0 Å². The van der Waals surface area contributed by atoms with Crippen LogP contribution in [0.2, 0.25) is 0 Å². The number of rotatable bonds is 8. The maximum absolute atomic E-state index is 12.7. The van der Waals surface area contributed by atoms with E-state index in [-0.39, 0.29) is 24.5 Å². The fourth-order valence-electron chi connectivity index (χ4n) is 3.63. The predicted molar refractivity (Wildman–Crippen MR) is 157 cm³/mol. The number of thioether (sulfide) groups is 1. The minimum absolute atomic E-state index is 0.0322. The molecule has 3 aromatic carbocycles. The average Bonchev–Trinajstić information content (AvgIpc) is 3.22. The molecule has 4 rings (SSSR count). The number of carbonyl (C=O) groups is 1. The van der Waals surface area contributed by atoms with Gasteiger partial charge in [0.15, 0.2) is 11.5 Å². The molecule has 0 aromatic heterocycles. The smallest absolute Gasteiger partial charge is 0.344 e. The second-order valence-electron chi connectivity index (χ2n) is 7.90. The zero-order chi connectivity index (χ0) is 27.1. The first-order valence-electron chi connectivity index (χ1n) is 11.6. The second-order valence-corrected chi connectivity index (χ2v) is 10.1. The molecule has 9 heteroatoms. The Kier molecular flexibility index (Phi) is 9.10. The normalized spacial score (nSPS) is 15.0. The molecule has 3 aromatic rings. The summed E-state index contributed by atoms with van der Waals surface area (Å²) < 4.78 is 17.6. The second kappa shape index (κ2) is 12.7. The number of aliphatic hydroxyl groups excluding tert-OH is 1. The Labute approximate surface area is 238 Å².